The summed E-state index contributed by atoms with van der Waals surface area (Å²) in [6, 6.07) is 23.7. The third kappa shape index (κ3) is 2.89. The van der Waals surface area contributed by atoms with Crippen molar-refractivity contribution < 1.29 is 4.43 Å². The molecule has 0 aliphatic heterocycles. The maximum Gasteiger partial charge on any atom is 0.250 e. The van der Waals surface area contributed by atoms with Crippen LogP contribution in [-0.4, -0.2) is 8.32 Å². The second-order valence-corrected chi connectivity index (χ2v) is 13.4. The Kier molecular flexibility index (Phi) is 3.85. The number of hydrogen-bond acceptors (Lipinski definition) is 1. The smallest absolute Gasteiger partial charge is 0.250 e. The molecule has 0 unspecified atom stereocenters. The lowest BCUT2D eigenvalue weighted by Gasteiger charge is -2.37. The van der Waals surface area contributed by atoms with Gasteiger partial charge in [0, 0.05) is 11.1 Å². The third-order valence-corrected chi connectivity index (χ3v) is 10.1. The Labute approximate surface area is 157 Å². The summed E-state index contributed by atoms with van der Waals surface area (Å²) in [6.45, 7) is 11.5. The van der Waals surface area contributed by atoms with E-state index in [2.05, 4.69) is 101 Å². The molecule has 0 bridgehead atoms. The van der Waals surface area contributed by atoms with Gasteiger partial charge in [0.25, 0.3) is 8.32 Å². The van der Waals surface area contributed by atoms with Gasteiger partial charge in [0.05, 0.1) is 0 Å². The van der Waals surface area contributed by atoms with Crippen LogP contribution in [0.25, 0.3) is 22.1 Å². The van der Waals surface area contributed by atoms with Crippen LogP contribution in [0.1, 0.15) is 37.5 Å². The van der Waals surface area contributed by atoms with Crippen molar-refractivity contribution in [3.63, 3.8) is 0 Å². The Hall–Kier alpha value is -2.32. The molecule has 0 saturated carbocycles. The van der Waals surface area contributed by atoms with Crippen LogP contribution in [0.4, 0.5) is 0 Å². The summed E-state index contributed by atoms with van der Waals surface area (Å²) in [4.78, 5) is 0. The molecule has 4 rings (SSSR count). The minimum absolute atomic E-state index is 0.166. The van der Waals surface area contributed by atoms with Crippen LogP contribution in [0.2, 0.25) is 18.1 Å². The molecule has 0 spiro atoms. The highest BCUT2D eigenvalue weighted by Gasteiger charge is 2.42. The second-order valence-electron chi connectivity index (χ2n) is 8.68. The van der Waals surface area contributed by atoms with E-state index in [9.17, 15) is 0 Å². The zero-order valence-electron chi connectivity index (χ0n) is 16.3. The van der Waals surface area contributed by atoms with E-state index in [-0.39, 0.29) is 5.04 Å². The number of hydrogen-bond donors (Lipinski definition) is 0. The van der Waals surface area contributed by atoms with Crippen molar-refractivity contribution in [3.05, 3.63) is 83.4 Å². The first-order valence-electron chi connectivity index (χ1n) is 9.30. The molecule has 26 heavy (non-hydrogen) atoms. The quantitative estimate of drug-likeness (QED) is 0.280. The molecule has 0 atom stereocenters. The van der Waals surface area contributed by atoms with E-state index in [1.165, 1.54) is 33.0 Å². The summed E-state index contributed by atoms with van der Waals surface area (Å²) in [5.41, 5.74) is 5.13. The molecule has 3 aromatic rings. The summed E-state index contributed by atoms with van der Waals surface area (Å²) in [5.74, 6) is 1.06. The van der Waals surface area contributed by atoms with Crippen LogP contribution in [0.15, 0.2) is 66.7 Å². The summed E-state index contributed by atoms with van der Waals surface area (Å²) in [5, 5.41) is 2.75. The minimum Gasteiger partial charge on any atom is -0.543 e. The van der Waals surface area contributed by atoms with Gasteiger partial charge in [0.1, 0.15) is 5.76 Å². The van der Waals surface area contributed by atoms with Crippen molar-refractivity contribution in [1.29, 1.82) is 0 Å². The molecule has 1 aliphatic rings. The van der Waals surface area contributed by atoms with Crippen molar-refractivity contribution in [3.8, 4) is 0 Å². The van der Waals surface area contributed by atoms with Gasteiger partial charge in [-0.05, 0) is 52.2 Å². The highest BCUT2D eigenvalue weighted by molar-refractivity contribution is 6.75. The summed E-state index contributed by atoms with van der Waals surface area (Å²) < 4.78 is 6.84. The van der Waals surface area contributed by atoms with Gasteiger partial charge in [-0.15, -0.1) is 0 Å². The molecule has 1 aliphatic carbocycles. The Morgan fingerprint density at radius 1 is 0.769 bits per heavy atom. The third-order valence-electron chi connectivity index (χ3n) is 5.79. The summed E-state index contributed by atoms with van der Waals surface area (Å²) in [7, 11) is -1.93. The zero-order chi connectivity index (χ0) is 18.5. The molecule has 0 amide bonds. The Bertz CT molecular complexity index is 963. The van der Waals surface area contributed by atoms with Gasteiger partial charge in [0.15, 0.2) is 0 Å². The molecule has 3 aromatic carbocycles. The van der Waals surface area contributed by atoms with Crippen LogP contribution in [0, 0.1) is 0 Å². The fourth-order valence-corrected chi connectivity index (χ4v) is 4.13. The number of rotatable bonds is 3. The molecular formula is C24H26OSi. The molecule has 0 fully saturated rings. The maximum atomic E-state index is 6.84. The van der Waals surface area contributed by atoms with Gasteiger partial charge in [-0.3, -0.25) is 0 Å². The van der Waals surface area contributed by atoms with Gasteiger partial charge in [0.2, 0.25) is 0 Å². The Morgan fingerprint density at radius 2 is 1.27 bits per heavy atom. The largest absolute Gasteiger partial charge is 0.543 e. The number of fused-ring (bicyclic) bond motifs is 2. The lowest BCUT2D eigenvalue weighted by atomic mass is 10.1. The lowest BCUT2D eigenvalue weighted by Crippen LogP contribution is -2.40. The van der Waals surface area contributed by atoms with Crippen molar-refractivity contribution >= 4 is 30.4 Å². The van der Waals surface area contributed by atoms with Gasteiger partial charge in [-0.2, -0.15) is 0 Å². The zero-order valence-corrected chi connectivity index (χ0v) is 17.3. The summed E-state index contributed by atoms with van der Waals surface area (Å²) in [6.07, 6.45) is 0. The van der Waals surface area contributed by atoms with E-state index in [1.807, 2.05) is 0 Å². The van der Waals surface area contributed by atoms with E-state index >= 15 is 0 Å². The van der Waals surface area contributed by atoms with Crippen molar-refractivity contribution in [1.82, 2.24) is 0 Å². The monoisotopic (exact) mass is 358 g/mol. The highest BCUT2D eigenvalue weighted by atomic mass is 28.4. The van der Waals surface area contributed by atoms with Crippen molar-refractivity contribution in [2.45, 2.75) is 38.9 Å². The second kappa shape index (κ2) is 5.85. The Morgan fingerprint density at radius 3 is 1.77 bits per heavy atom. The van der Waals surface area contributed by atoms with Gasteiger partial charge < -0.3 is 4.43 Å². The molecule has 0 N–H and O–H groups in total. The van der Waals surface area contributed by atoms with Crippen LogP contribution in [0.5, 0.6) is 0 Å². The fraction of sp³-hybridized carbons (Fsp3) is 0.250. The first-order valence-corrected chi connectivity index (χ1v) is 12.2. The standard InChI is InChI=1S/C24H26OSi/c1-24(2,3)26(4,5)25-23(17-11-7-6-8-12-17)22-20-15-18-13-9-10-14-19(18)16-21(20)22/h6-16H,1-5H3. The molecule has 1 nitrogen and oxygen atoms in total. The van der Waals surface area contributed by atoms with E-state index in [0.29, 0.717) is 0 Å². The van der Waals surface area contributed by atoms with Gasteiger partial charge in [-0.1, -0.05) is 75.4 Å². The van der Waals surface area contributed by atoms with Gasteiger partial charge in [-0.25, -0.2) is 0 Å². The van der Waals surface area contributed by atoms with Gasteiger partial charge >= 0.3 is 0 Å². The molecule has 0 heterocycles. The highest BCUT2D eigenvalue weighted by Crippen LogP contribution is 2.51. The predicted octanol–water partition coefficient (Wildman–Crippen LogP) is 7.09. The van der Waals surface area contributed by atoms with E-state index < -0.39 is 8.32 Å². The predicted molar refractivity (Wildman–Crippen MR) is 115 cm³/mol. The van der Waals surface area contributed by atoms with E-state index in [4.69, 9.17) is 4.43 Å². The van der Waals surface area contributed by atoms with E-state index in [0.717, 1.165) is 5.76 Å². The lowest BCUT2D eigenvalue weighted by molar-refractivity contribution is 0.460. The fourth-order valence-electron chi connectivity index (χ4n) is 3.10. The normalized spacial score (nSPS) is 13.5. The molecular weight excluding hydrogens is 332 g/mol. The minimum atomic E-state index is -1.93. The topological polar surface area (TPSA) is 9.23 Å². The Balaban J connectivity index is 1.86. The van der Waals surface area contributed by atoms with Crippen LogP contribution in [-0.2, 0) is 4.43 Å². The van der Waals surface area contributed by atoms with Crippen molar-refractivity contribution in [2.24, 2.45) is 0 Å². The molecule has 0 aromatic heterocycles. The van der Waals surface area contributed by atoms with E-state index in [1.54, 1.807) is 0 Å². The summed E-state index contributed by atoms with van der Waals surface area (Å²) >= 11 is 0. The average molecular weight is 359 g/mol. The molecule has 2 heteroatoms. The first-order chi connectivity index (χ1) is 12.3. The molecule has 132 valence electrons. The molecule has 0 saturated heterocycles. The van der Waals surface area contributed by atoms with Crippen LogP contribution in [0.3, 0.4) is 0 Å². The van der Waals surface area contributed by atoms with Crippen LogP contribution >= 0.6 is 0 Å². The van der Waals surface area contributed by atoms with Crippen molar-refractivity contribution in [2.75, 3.05) is 0 Å². The maximum absolute atomic E-state index is 6.84. The average Bonchev–Trinajstić information content (AvgIpc) is 3.30. The first kappa shape index (κ1) is 17.1. The number of benzene rings is 3. The molecule has 0 radical (unpaired) electrons. The van der Waals surface area contributed by atoms with Crippen LogP contribution < -0.4 is 0 Å². The SMILES string of the molecule is CC(C)(C)[Si](C)(C)OC(=C1c2cc3ccccc3cc21)c1ccccc1.